The minimum Gasteiger partial charge on any atom is -0.454 e. The van der Waals surface area contributed by atoms with Gasteiger partial charge in [-0.1, -0.05) is 29.8 Å². The molecular weight excluding hydrogens is 533 g/mol. The Morgan fingerprint density at radius 2 is 1.74 bits per heavy atom. The summed E-state index contributed by atoms with van der Waals surface area (Å²) in [6.07, 6.45) is 0. The molecule has 0 bridgehead atoms. The molecule has 2 aliphatic rings. The van der Waals surface area contributed by atoms with Crippen molar-refractivity contribution in [2.45, 2.75) is 10.8 Å². The van der Waals surface area contributed by atoms with Crippen LogP contribution in [0.25, 0.3) is 0 Å². The molecule has 0 aliphatic carbocycles. The Morgan fingerprint density at radius 3 is 2.49 bits per heavy atom. The molecule has 0 spiro atoms. The van der Waals surface area contributed by atoms with E-state index in [0.29, 0.717) is 36.1 Å². The SMILES string of the molecule is Cl.O=C(c1ccccc1NS(=O)(=O)c1ccc(Cl)s1)N1CCN(Cc2ccc3c(c2)OCO3)CC1. The minimum atomic E-state index is -3.84. The van der Waals surface area contributed by atoms with Crippen molar-refractivity contribution in [1.29, 1.82) is 0 Å². The van der Waals surface area contributed by atoms with Crippen molar-refractivity contribution in [2.75, 3.05) is 37.7 Å². The van der Waals surface area contributed by atoms with Crippen LogP contribution >= 0.6 is 35.3 Å². The monoisotopic (exact) mass is 555 g/mol. The number of para-hydroxylation sites is 1. The maximum absolute atomic E-state index is 13.3. The van der Waals surface area contributed by atoms with Crippen LogP contribution in [-0.2, 0) is 16.6 Å². The highest BCUT2D eigenvalue weighted by Crippen LogP contribution is 2.33. The summed E-state index contributed by atoms with van der Waals surface area (Å²) in [5.74, 6) is 1.32. The van der Waals surface area contributed by atoms with Crippen LogP contribution in [0.1, 0.15) is 15.9 Å². The maximum atomic E-state index is 13.3. The Morgan fingerprint density at radius 1 is 1.00 bits per heavy atom. The second-order valence-corrected chi connectivity index (χ2v) is 11.6. The van der Waals surface area contributed by atoms with Gasteiger partial charge in [0.05, 0.1) is 15.6 Å². The number of nitrogens with one attached hydrogen (secondary N) is 1. The third kappa shape index (κ3) is 5.68. The largest absolute Gasteiger partial charge is 0.454 e. The minimum absolute atomic E-state index is 0. The molecule has 5 rings (SSSR count). The number of benzene rings is 2. The molecule has 1 saturated heterocycles. The van der Waals surface area contributed by atoms with E-state index in [1.54, 1.807) is 29.2 Å². The van der Waals surface area contributed by atoms with Crippen molar-refractivity contribution in [3.05, 3.63) is 70.1 Å². The van der Waals surface area contributed by atoms with Gasteiger partial charge in [0, 0.05) is 32.7 Å². The molecule has 35 heavy (non-hydrogen) atoms. The number of nitrogens with zero attached hydrogens (tertiary/aromatic N) is 2. The Hall–Kier alpha value is -2.50. The lowest BCUT2D eigenvalue weighted by Gasteiger charge is -2.35. The van der Waals surface area contributed by atoms with Crippen molar-refractivity contribution in [2.24, 2.45) is 0 Å². The van der Waals surface area contributed by atoms with Gasteiger partial charge in [-0.2, -0.15) is 0 Å². The van der Waals surface area contributed by atoms with Crippen molar-refractivity contribution in [1.82, 2.24) is 9.80 Å². The van der Waals surface area contributed by atoms with E-state index in [0.717, 1.165) is 34.9 Å². The maximum Gasteiger partial charge on any atom is 0.271 e. The van der Waals surface area contributed by atoms with Gasteiger partial charge in [-0.05, 0) is 42.0 Å². The fraction of sp³-hybridized carbons (Fsp3) is 0.261. The summed E-state index contributed by atoms with van der Waals surface area (Å²) in [4.78, 5) is 17.3. The predicted molar refractivity (Wildman–Crippen MR) is 138 cm³/mol. The van der Waals surface area contributed by atoms with Gasteiger partial charge in [0.1, 0.15) is 4.21 Å². The number of halogens is 2. The average molecular weight is 556 g/mol. The normalized spacial score (nSPS) is 15.5. The number of sulfonamides is 1. The van der Waals surface area contributed by atoms with Crippen LogP contribution < -0.4 is 14.2 Å². The van der Waals surface area contributed by atoms with Gasteiger partial charge < -0.3 is 14.4 Å². The van der Waals surface area contributed by atoms with E-state index in [-0.39, 0.29) is 35.0 Å². The lowest BCUT2D eigenvalue weighted by molar-refractivity contribution is 0.0629. The van der Waals surface area contributed by atoms with E-state index in [9.17, 15) is 13.2 Å². The highest BCUT2D eigenvalue weighted by molar-refractivity contribution is 7.94. The molecule has 2 aromatic carbocycles. The molecule has 0 saturated carbocycles. The molecule has 0 unspecified atom stereocenters. The number of rotatable bonds is 6. The van der Waals surface area contributed by atoms with Gasteiger partial charge in [0.25, 0.3) is 15.9 Å². The smallest absolute Gasteiger partial charge is 0.271 e. The lowest BCUT2D eigenvalue weighted by atomic mass is 10.1. The van der Waals surface area contributed by atoms with E-state index in [1.165, 1.54) is 12.1 Å². The number of fused-ring (bicyclic) bond motifs is 1. The topological polar surface area (TPSA) is 88.2 Å². The second-order valence-electron chi connectivity index (χ2n) is 7.97. The lowest BCUT2D eigenvalue weighted by Crippen LogP contribution is -2.48. The highest BCUT2D eigenvalue weighted by atomic mass is 35.5. The summed E-state index contributed by atoms with van der Waals surface area (Å²) in [7, 11) is -3.84. The summed E-state index contributed by atoms with van der Waals surface area (Å²) in [5, 5.41) is 0. The van der Waals surface area contributed by atoms with Crippen molar-refractivity contribution < 1.29 is 22.7 Å². The number of carbonyl (C=O) groups excluding carboxylic acids is 1. The van der Waals surface area contributed by atoms with Gasteiger partial charge in [-0.3, -0.25) is 14.4 Å². The summed E-state index contributed by atoms with van der Waals surface area (Å²) in [6, 6.07) is 15.6. The summed E-state index contributed by atoms with van der Waals surface area (Å²) >= 11 is 6.85. The predicted octanol–water partition coefficient (Wildman–Crippen LogP) is 4.31. The molecule has 1 fully saturated rings. The first-order valence-electron chi connectivity index (χ1n) is 10.7. The molecule has 3 aromatic rings. The average Bonchev–Trinajstić information content (AvgIpc) is 3.48. The molecule has 12 heteroatoms. The summed E-state index contributed by atoms with van der Waals surface area (Å²) in [5.41, 5.74) is 1.69. The first-order valence-corrected chi connectivity index (χ1v) is 13.3. The van der Waals surface area contributed by atoms with E-state index in [4.69, 9.17) is 21.1 Å². The molecule has 0 atom stereocenters. The number of anilines is 1. The summed E-state index contributed by atoms with van der Waals surface area (Å²) in [6.45, 7) is 3.51. The molecule has 186 valence electrons. The molecule has 1 aromatic heterocycles. The third-order valence-electron chi connectivity index (χ3n) is 5.72. The van der Waals surface area contributed by atoms with Gasteiger partial charge in [0.15, 0.2) is 11.5 Å². The van der Waals surface area contributed by atoms with Crippen molar-refractivity contribution in [3.63, 3.8) is 0 Å². The number of hydrogen-bond donors (Lipinski definition) is 1. The quantitative estimate of drug-likeness (QED) is 0.487. The molecular formula is C23H23Cl2N3O5S2. The van der Waals surface area contributed by atoms with Crippen molar-refractivity contribution >= 4 is 57.0 Å². The third-order valence-corrected chi connectivity index (χ3v) is 8.81. The standard InChI is InChI=1S/C23H22ClN3O5S2.ClH/c24-21-7-8-22(33-21)34(29,30)25-18-4-2-1-3-17(18)23(28)27-11-9-26(10-12-27)14-16-5-6-19-20(13-16)32-15-31-19;/h1-8,13,25H,9-12,14-15H2;1H. The van der Waals surface area contributed by atoms with Crippen LogP contribution in [0.5, 0.6) is 11.5 Å². The summed E-state index contributed by atoms with van der Waals surface area (Å²) < 4.78 is 39.3. The van der Waals surface area contributed by atoms with E-state index >= 15 is 0 Å². The molecule has 8 nitrogen and oxygen atoms in total. The van der Waals surface area contributed by atoms with Crippen LogP contribution in [0.15, 0.2) is 58.8 Å². The van der Waals surface area contributed by atoms with Gasteiger partial charge in [-0.15, -0.1) is 23.7 Å². The molecule has 2 aliphatic heterocycles. The number of piperazine rings is 1. The molecule has 0 radical (unpaired) electrons. The number of amides is 1. The Bertz CT molecular complexity index is 1320. The molecule has 3 heterocycles. The zero-order valence-electron chi connectivity index (χ0n) is 18.5. The van der Waals surface area contributed by atoms with Crippen LogP contribution in [0.3, 0.4) is 0 Å². The second kappa shape index (κ2) is 10.6. The van der Waals surface area contributed by atoms with Gasteiger partial charge in [0.2, 0.25) is 6.79 Å². The fourth-order valence-electron chi connectivity index (χ4n) is 3.97. The van der Waals surface area contributed by atoms with Crippen molar-refractivity contribution in [3.8, 4) is 11.5 Å². The number of ether oxygens (including phenoxy) is 2. The number of hydrogen-bond acceptors (Lipinski definition) is 7. The fourth-order valence-corrected chi connectivity index (χ4v) is 6.54. The first-order chi connectivity index (χ1) is 16.4. The molecule has 1 N–H and O–H groups in total. The van der Waals surface area contributed by atoms with Gasteiger partial charge >= 0.3 is 0 Å². The van der Waals surface area contributed by atoms with Crippen LogP contribution in [-0.4, -0.2) is 57.1 Å². The van der Waals surface area contributed by atoms with E-state index in [2.05, 4.69) is 9.62 Å². The van der Waals surface area contributed by atoms with Crippen LogP contribution in [0.2, 0.25) is 4.34 Å². The Kier molecular flexibility index (Phi) is 7.77. The Labute approximate surface area is 218 Å². The van der Waals surface area contributed by atoms with Crippen LogP contribution in [0.4, 0.5) is 5.69 Å². The molecule has 1 amide bonds. The highest BCUT2D eigenvalue weighted by Gasteiger charge is 2.26. The number of thiophene rings is 1. The van der Waals surface area contributed by atoms with Crippen LogP contribution in [0, 0.1) is 0 Å². The first kappa shape index (κ1) is 25.6. The zero-order chi connectivity index (χ0) is 23.7. The van der Waals surface area contributed by atoms with E-state index in [1.807, 2.05) is 18.2 Å². The van der Waals surface area contributed by atoms with E-state index < -0.39 is 10.0 Å². The zero-order valence-corrected chi connectivity index (χ0v) is 21.7. The Balaban J connectivity index is 0.00000289. The van der Waals surface area contributed by atoms with Gasteiger partial charge in [-0.25, -0.2) is 8.42 Å². The number of carbonyl (C=O) groups is 1.